The maximum absolute atomic E-state index is 12.0. The van der Waals surface area contributed by atoms with E-state index < -0.39 is 0 Å². The molecule has 1 aromatic carbocycles. The summed E-state index contributed by atoms with van der Waals surface area (Å²) in [6.07, 6.45) is 1.74. The van der Waals surface area contributed by atoms with Gasteiger partial charge in [0, 0.05) is 26.8 Å². The molecule has 3 N–H and O–H groups in total. The van der Waals surface area contributed by atoms with E-state index in [2.05, 4.69) is 26.0 Å². The summed E-state index contributed by atoms with van der Waals surface area (Å²) in [5.74, 6) is 1.24. The Hall–Kier alpha value is -3.03. The molecule has 8 nitrogen and oxygen atoms in total. The van der Waals surface area contributed by atoms with E-state index >= 15 is 0 Å². The zero-order valence-corrected chi connectivity index (χ0v) is 14.7. The Labute approximate surface area is 147 Å². The molecule has 0 aliphatic carbocycles. The zero-order chi connectivity index (χ0) is 18.1. The Morgan fingerprint density at radius 2 is 1.92 bits per heavy atom. The number of nitrogens with one attached hydrogen (secondary N) is 3. The third-order valence-electron chi connectivity index (χ3n) is 3.65. The lowest BCUT2D eigenvalue weighted by molar-refractivity contribution is -0.120. The fourth-order valence-electron chi connectivity index (χ4n) is 2.14. The number of hydrogen-bond donors (Lipinski definition) is 3. The van der Waals surface area contributed by atoms with Crippen LogP contribution in [0.2, 0.25) is 0 Å². The second kappa shape index (κ2) is 9.31. The molecule has 2 rings (SSSR count). The maximum Gasteiger partial charge on any atom is 0.239 e. The zero-order valence-electron chi connectivity index (χ0n) is 14.7. The molecule has 8 heteroatoms. The number of carbonyl (C=O) groups is 1. The van der Waals surface area contributed by atoms with Crippen molar-refractivity contribution in [2.75, 3.05) is 20.7 Å². The fraction of sp³-hybridized carbons (Fsp3) is 0.353. The van der Waals surface area contributed by atoms with E-state index in [1.54, 1.807) is 25.0 Å². The number of aliphatic imine (C=N–C) groups is 1. The van der Waals surface area contributed by atoms with E-state index in [0.29, 0.717) is 19.0 Å². The highest BCUT2D eigenvalue weighted by molar-refractivity contribution is 5.86. The van der Waals surface area contributed by atoms with Crippen LogP contribution in [0.3, 0.4) is 0 Å². The number of methoxy groups -OCH3 is 1. The van der Waals surface area contributed by atoms with Crippen molar-refractivity contribution in [3.63, 3.8) is 0 Å². The van der Waals surface area contributed by atoms with E-state index in [-0.39, 0.29) is 12.5 Å². The largest absolute Gasteiger partial charge is 0.497 e. The van der Waals surface area contributed by atoms with Crippen LogP contribution in [0.15, 0.2) is 41.5 Å². The average Bonchev–Trinajstić information content (AvgIpc) is 3.05. The van der Waals surface area contributed by atoms with Crippen molar-refractivity contribution in [2.45, 2.75) is 13.1 Å². The van der Waals surface area contributed by atoms with Crippen LogP contribution in [0.1, 0.15) is 11.3 Å². The molecule has 0 aliphatic heterocycles. The van der Waals surface area contributed by atoms with E-state index in [1.807, 2.05) is 37.4 Å². The van der Waals surface area contributed by atoms with E-state index in [4.69, 9.17) is 4.74 Å². The molecular weight excluding hydrogens is 320 g/mol. The Morgan fingerprint density at radius 1 is 1.16 bits per heavy atom. The lowest BCUT2D eigenvalue weighted by Gasteiger charge is -2.12. The van der Waals surface area contributed by atoms with Gasteiger partial charge in [0.25, 0.3) is 0 Å². The molecule has 0 fully saturated rings. The highest BCUT2D eigenvalue weighted by atomic mass is 16.5. The normalized spacial score (nSPS) is 11.1. The summed E-state index contributed by atoms with van der Waals surface area (Å²) in [4.78, 5) is 16.0. The first-order valence-corrected chi connectivity index (χ1v) is 7.93. The van der Waals surface area contributed by atoms with E-state index in [1.165, 1.54) is 0 Å². The molecule has 0 saturated heterocycles. The van der Waals surface area contributed by atoms with Crippen LogP contribution >= 0.6 is 0 Å². The molecule has 0 atom stereocenters. The van der Waals surface area contributed by atoms with Gasteiger partial charge in [0.2, 0.25) is 5.91 Å². The number of aromatic nitrogens is 2. The quantitative estimate of drug-likeness (QED) is 0.500. The number of carbonyl (C=O) groups excluding carboxylic acids is 1. The van der Waals surface area contributed by atoms with Crippen molar-refractivity contribution >= 4 is 11.9 Å². The summed E-state index contributed by atoms with van der Waals surface area (Å²) < 4.78 is 6.89. The van der Waals surface area contributed by atoms with Crippen LogP contribution in [0.4, 0.5) is 0 Å². The van der Waals surface area contributed by atoms with Gasteiger partial charge in [0.05, 0.1) is 25.9 Å². The molecule has 0 spiro atoms. The van der Waals surface area contributed by atoms with Crippen molar-refractivity contribution in [2.24, 2.45) is 12.0 Å². The number of rotatable bonds is 7. The predicted molar refractivity (Wildman–Crippen MR) is 96.3 cm³/mol. The molecule has 0 radical (unpaired) electrons. The standard InChI is InChI=1S/C17H24N6O2/c1-18-17(20-11-14-8-9-22-23(14)2)21-12-16(24)19-10-13-4-6-15(25-3)7-5-13/h4-9H,10-12H2,1-3H3,(H,19,24)(H2,18,20,21). The van der Waals surface area contributed by atoms with Crippen molar-refractivity contribution in [1.82, 2.24) is 25.7 Å². The molecule has 1 heterocycles. The Bertz CT molecular complexity index is 708. The monoisotopic (exact) mass is 344 g/mol. The average molecular weight is 344 g/mol. The summed E-state index contributed by atoms with van der Waals surface area (Å²) in [5.41, 5.74) is 2.03. The first kappa shape index (κ1) is 18.3. The summed E-state index contributed by atoms with van der Waals surface area (Å²) in [7, 11) is 5.16. The summed E-state index contributed by atoms with van der Waals surface area (Å²) in [5, 5.41) is 13.1. The molecule has 0 bridgehead atoms. The molecule has 0 saturated carbocycles. The molecule has 1 amide bonds. The van der Waals surface area contributed by atoms with Crippen LogP contribution in [-0.2, 0) is 24.9 Å². The van der Waals surface area contributed by atoms with Gasteiger partial charge in [-0.15, -0.1) is 0 Å². The van der Waals surface area contributed by atoms with Crippen LogP contribution in [0, 0.1) is 0 Å². The molecule has 2 aromatic rings. The van der Waals surface area contributed by atoms with Gasteiger partial charge in [-0.1, -0.05) is 12.1 Å². The van der Waals surface area contributed by atoms with Crippen LogP contribution in [0.5, 0.6) is 5.75 Å². The third-order valence-corrected chi connectivity index (χ3v) is 3.65. The van der Waals surface area contributed by atoms with Gasteiger partial charge < -0.3 is 20.7 Å². The molecule has 134 valence electrons. The van der Waals surface area contributed by atoms with Crippen LogP contribution in [0.25, 0.3) is 0 Å². The summed E-state index contributed by atoms with van der Waals surface area (Å²) in [6, 6.07) is 9.48. The Morgan fingerprint density at radius 3 is 2.52 bits per heavy atom. The minimum atomic E-state index is -0.112. The van der Waals surface area contributed by atoms with Crippen molar-refractivity contribution in [3.05, 3.63) is 47.8 Å². The fourth-order valence-corrected chi connectivity index (χ4v) is 2.14. The molecule has 0 unspecified atom stereocenters. The van der Waals surface area contributed by atoms with Gasteiger partial charge in [-0.2, -0.15) is 5.10 Å². The van der Waals surface area contributed by atoms with Gasteiger partial charge in [-0.05, 0) is 23.8 Å². The number of nitrogens with zero attached hydrogens (tertiary/aromatic N) is 3. The first-order valence-electron chi connectivity index (χ1n) is 7.93. The maximum atomic E-state index is 12.0. The number of amides is 1. The van der Waals surface area contributed by atoms with E-state index in [0.717, 1.165) is 17.0 Å². The predicted octanol–water partition coefficient (Wildman–Crippen LogP) is 0.410. The molecule has 25 heavy (non-hydrogen) atoms. The van der Waals surface area contributed by atoms with Crippen LogP contribution in [-0.4, -0.2) is 42.3 Å². The van der Waals surface area contributed by atoms with Gasteiger partial charge in [0.1, 0.15) is 5.75 Å². The number of ether oxygens (including phenoxy) is 1. The van der Waals surface area contributed by atoms with Gasteiger partial charge in [0.15, 0.2) is 5.96 Å². The molecule has 1 aromatic heterocycles. The second-order valence-electron chi connectivity index (χ2n) is 5.35. The first-order chi connectivity index (χ1) is 12.1. The number of aryl methyl sites for hydroxylation is 1. The number of guanidine groups is 1. The summed E-state index contributed by atoms with van der Waals surface area (Å²) in [6.45, 7) is 1.18. The Balaban J connectivity index is 1.71. The third kappa shape index (κ3) is 5.83. The van der Waals surface area contributed by atoms with Gasteiger partial charge >= 0.3 is 0 Å². The highest BCUT2D eigenvalue weighted by Gasteiger charge is 2.05. The van der Waals surface area contributed by atoms with Gasteiger partial charge in [-0.3, -0.25) is 14.5 Å². The SMILES string of the molecule is CN=C(NCC(=O)NCc1ccc(OC)cc1)NCc1ccnn1C. The van der Waals surface area contributed by atoms with Crippen molar-refractivity contribution in [3.8, 4) is 5.75 Å². The highest BCUT2D eigenvalue weighted by Crippen LogP contribution is 2.10. The van der Waals surface area contributed by atoms with Gasteiger partial charge in [-0.25, -0.2) is 0 Å². The topological polar surface area (TPSA) is 92.6 Å². The lowest BCUT2D eigenvalue weighted by Crippen LogP contribution is -2.42. The van der Waals surface area contributed by atoms with E-state index in [9.17, 15) is 4.79 Å². The van der Waals surface area contributed by atoms with Crippen molar-refractivity contribution in [1.29, 1.82) is 0 Å². The molecular formula is C17H24N6O2. The van der Waals surface area contributed by atoms with Crippen molar-refractivity contribution < 1.29 is 9.53 Å². The van der Waals surface area contributed by atoms with Crippen LogP contribution < -0.4 is 20.7 Å². The number of benzene rings is 1. The molecule has 0 aliphatic rings. The minimum Gasteiger partial charge on any atom is -0.497 e. The number of hydrogen-bond acceptors (Lipinski definition) is 4. The Kier molecular flexibility index (Phi) is 6.82. The summed E-state index contributed by atoms with van der Waals surface area (Å²) >= 11 is 0. The minimum absolute atomic E-state index is 0.112. The second-order valence-corrected chi connectivity index (χ2v) is 5.35. The smallest absolute Gasteiger partial charge is 0.239 e. The lowest BCUT2D eigenvalue weighted by atomic mass is 10.2.